The first-order chi connectivity index (χ1) is 11.1. The van der Waals surface area contributed by atoms with Gasteiger partial charge in [-0.2, -0.15) is 20.1 Å². The number of anilines is 1. The number of hydrogen-bond donors (Lipinski definition) is 1. The Labute approximate surface area is 134 Å². The molecule has 23 heavy (non-hydrogen) atoms. The van der Waals surface area contributed by atoms with Crippen LogP contribution in [-0.4, -0.2) is 30.7 Å². The number of fused-ring (bicyclic) bond motifs is 1. The summed E-state index contributed by atoms with van der Waals surface area (Å²) in [5.41, 5.74) is 4.13. The summed E-state index contributed by atoms with van der Waals surface area (Å²) >= 11 is 0. The smallest absolute Gasteiger partial charge is 0.248 e. The highest BCUT2D eigenvalue weighted by Crippen LogP contribution is 2.19. The van der Waals surface area contributed by atoms with Gasteiger partial charge in [0.2, 0.25) is 5.91 Å². The van der Waals surface area contributed by atoms with Crippen LogP contribution in [0.4, 0.5) is 5.69 Å². The molecule has 0 saturated heterocycles. The Bertz CT molecular complexity index is 814. The molecular formula is C16H20N6O. The van der Waals surface area contributed by atoms with Crippen molar-refractivity contribution in [3.63, 3.8) is 0 Å². The van der Waals surface area contributed by atoms with Gasteiger partial charge < -0.3 is 5.32 Å². The quantitative estimate of drug-likeness (QED) is 0.784. The maximum atomic E-state index is 12.3. The molecule has 1 N–H and O–H groups in total. The van der Waals surface area contributed by atoms with E-state index >= 15 is 0 Å². The fraction of sp³-hybridized carbons (Fsp3) is 0.375. The SMILES string of the molecule is CCCn1nc(C)c(NC(=O)Cn2nc3ccccc3n2)c1C. The van der Waals surface area contributed by atoms with Crippen molar-refractivity contribution in [2.24, 2.45) is 0 Å². The Morgan fingerprint density at radius 3 is 2.39 bits per heavy atom. The third-order valence-electron chi connectivity index (χ3n) is 3.69. The molecule has 0 atom stereocenters. The van der Waals surface area contributed by atoms with Crippen LogP contribution in [0.2, 0.25) is 0 Å². The van der Waals surface area contributed by atoms with Crippen LogP contribution in [0, 0.1) is 13.8 Å². The van der Waals surface area contributed by atoms with Crippen LogP contribution in [0.25, 0.3) is 11.0 Å². The molecule has 1 amide bonds. The normalized spacial score (nSPS) is 11.1. The van der Waals surface area contributed by atoms with E-state index in [1.165, 1.54) is 4.80 Å². The van der Waals surface area contributed by atoms with Gasteiger partial charge in [0, 0.05) is 6.54 Å². The number of hydrogen-bond acceptors (Lipinski definition) is 4. The third-order valence-corrected chi connectivity index (χ3v) is 3.69. The van der Waals surface area contributed by atoms with Gasteiger partial charge in [0.15, 0.2) is 0 Å². The van der Waals surface area contributed by atoms with E-state index in [0.717, 1.165) is 41.1 Å². The summed E-state index contributed by atoms with van der Waals surface area (Å²) in [6, 6.07) is 7.55. The highest BCUT2D eigenvalue weighted by molar-refractivity contribution is 5.91. The summed E-state index contributed by atoms with van der Waals surface area (Å²) in [4.78, 5) is 13.7. The van der Waals surface area contributed by atoms with Gasteiger partial charge in [0.25, 0.3) is 0 Å². The van der Waals surface area contributed by atoms with Gasteiger partial charge in [-0.15, -0.1) is 0 Å². The lowest BCUT2D eigenvalue weighted by Crippen LogP contribution is -2.21. The molecule has 120 valence electrons. The molecule has 0 unspecified atom stereocenters. The van der Waals surface area contributed by atoms with Gasteiger partial charge in [-0.1, -0.05) is 19.1 Å². The van der Waals surface area contributed by atoms with E-state index in [1.54, 1.807) is 0 Å². The summed E-state index contributed by atoms with van der Waals surface area (Å²) < 4.78 is 1.92. The third kappa shape index (κ3) is 3.08. The lowest BCUT2D eigenvalue weighted by atomic mass is 10.3. The number of aromatic nitrogens is 5. The van der Waals surface area contributed by atoms with Gasteiger partial charge in [-0.3, -0.25) is 9.48 Å². The summed E-state index contributed by atoms with van der Waals surface area (Å²) in [6.07, 6.45) is 0.999. The molecule has 0 fully saturated rings. The Morgan fingerprint density at radius 1 is 1.13 bits per heavy atom. The van der Waals surface area contributed by atoms with Crippen molar-refractivity contribution < 1.29 is 4.79 Å². The second-order valence-electron chi connectivity index (χ2n) is 5.54. The minimum absolute atomic E-state index is 0.0759. The number of nitrogens with zero attached hydrogens (tertiary/aromatic N) is 5. The van der Waals surface area contributed by atoms with Crippen molar-refractivity contribution in [2.75, 3.05) is 5.32 Å². The maximum absolute atomic E-state index is 12.3. The van der Waals surface area contributed by atoms with E-state index in [2.05, 4.69) is 27.5 Å². The Hall–Kier alpha value is -2.70. The number of nitrogens with one attached hydrogen (secondary N) is 1. The highest BCUT2D eigenvalue weighted by Gasteiger charge is 2.15. The van der Waals surface area contributed by atoms with Gasteiger partial charge in [0.05, 0.1) is 17.1 Å². The standard InChI is InChI=1S/C16H20N6O/c1-4-9-21-12(3)16(11(2)18-21)17-15(23)10-22-19-13-7-5-6-8-14(13)20-22/h5-8H,4,9-10H2,1-3H3,(H,17,23). The second kappa shape index (κ2) is 6.20. The number of carbonyl (C=O) groups is 1. The summed E-state index contributed by atoms with van der Waals surface area (Å²) in [5.74, 6) is -0.160. The summed E-state index contributed by atoms with van der Waals surface area (Å²) in [5, 5.41) is 16.0. The number of rotatable bonds is 5. The van der Waals surface area contributed by atoms with E-state index in [-0.39, 0.29) is 12.5 Å². The first-order valence-electron chi connectivity index (χ1n) is 7.72. The molecule has 3 aromatic rings. The van der Waals surface area contributed by atoms with Crippen LogP contribution in [0.5, 0.6) is 0 Å². The second-order valence-corrected chi connectivity index (χ2v) is 5.54. The molecule has 7 heteroatoms. The van der Waals surface area contributed by atoms with Crippen LogP contribution >= 0.6 is 0 Å². The lowest BCUT2D eigenvalue weighted by Gasteiger charge is -2.06. The van der Waals surface area contributed by atoms with Gasteiger partial charge >= 0.3 is 0 Å². The zero-order chi connectivity index (χ0) is 16.4. The average molecular weight is 312 g/mol. The van der Waals surface area contributed by atoms with Crippen LogP contribution in [-0.2, 0) is 17.9 Å². The number of carbonyl (C=O) groups excluding carboxylic acids is 1. The number of aryl methyl sites for hydroxylation is 2. The molecule has 0 spiro atoms. The predicted octanol–water partition coefficient (Wildman–Crippen LogP) is 2.29. The van der Waals surface area contributed by atoms with E-state index < -0.39 is 0 Å². The fourth-order valence-electron chi connectivity index (χ4n) is 2.59. The molecule has 2 heterocycles. The molecule has 0 aliphatic heterocycles. The molecular weight excluding hydrogens is 292 g/mol. The van der Waals surface area contributed by atoms with Gasteiger partial charge in [-0.25, -0.2) is 0 Å². The maximum Gasteiger partial charge on any atom is 0.248 e. The van der Waals surface area contributed by atoms with Gasteiger partial charge in [-0.05, 0) is 32.4 Å². The van der Waals surface area contributed by atoms with Crippen molar-refractivity contribution in [3.8, 4) is 0 Å². The number of benzene rings is 1. The monoisotopic (exact) mass is 312 g/mol. The molecule has 0 aliphatic carbocycles. The number of amides is 1. The Balaban J connectivity index is 1.74. The average Bonchev–Trinajstić information content (AvgIpc) is 3.03. The molecule has 3 rings (SSSR count). The van der Waals surface area contributed by atoms with E-state index in [9.17, 15) is 4.79 Å². The summed E-state index contributed by atoms with van der Waals surface area (Å²) in [6.45, 7) is 6.88. The molecule has 0 saturated carbocycles. The predicted molar refractivity (Wildman–Crippen MR) is 88.1 cm³/mol. The first kappa shape index (κ1) is 15.2. The van der Waals surface area contributed by atoms with E-state index in [1.807, 2.05) is 42.8 Å². The van der Waals surface area contributed by atoms with Crippen LogP contribution < -0.4 is 5.32 Å². The van der Waals surface area contributed by atoms with Crippen molar-refractivity contribution >= 4 is 22.6 Å². The molecule has 0 bridgehead atoms. The zero-order valence-electron chi connectivity index (χ0n) is 13.6. The highest BCUT2D eigenvalue weighted by atomic mass is 16.2. The minimum Gasteiger partial charge on any atom is -0.321 e. The van der Waals surface area contributed by atoms with E-state index in [4.69, 9.17) is 0 Å². The van der Waals surface area contributed by atoms with E-state index in [0.29, 0.717) is 0 Å². The molecule has 1 aromatic carbocycles. The molecule has 7 nitrogen and oxygen atoms in total. The largest absolute Gasteiger partial charge is 0.321 e. The summed E-state index contributed by atoms with van der Waals surface area (Å²) in [7, 11) is 0. The molecule has 2 aromatic heterocycles. The van der Waals surface area contributed by atoms with Crippen molar-refractivity contribution in [1.82, 2.24) is 24.8 Å². The van der Waals surface area contributed by atoms with Crippen LogP contribution in [0.1, 0.15) is 24.7 Å². The van der Waals surface area contributed by atoms with Gasteiger partial charge in [0.1, 0.15) is 17.6 Å². The first-order valence-corrected chi connectivity index (χ1v) is 7.72. The van der Waals surface area contributed by atoms with Crippen LogP contribution in [0.15, 0.2) is 24.3 Å². The molecule has 0 aliphatic rings. The lowest BCUT2D eigenvalue weighted by molar-refractivity contribution is -0.117. The zero-order valence-corrected chi connectivity index (χ0v) is 13.6. The van der Waals surface area contributed by atoms with Crippen molar-refractivity contribution in [3.05, 3.63) is 35.7 Å². The van der Waals surface area contributed by atoms with Crippen molar-refractivity contribution in [1.29, 1.82) is 0 Å². The minimum atomic E-state index is -0.160. The van der Waals surface area contributed by atoms with Crippen LogP contribution in [0.3, 0.4) is 0 Å². The Morgan fingerprint density at radius 2 is 1.78 bits per heavy atom. The Kier molecular flexibility index (Phi) is 4.10. The molecule has 0 radical (unpaired) electrons. The topological polar surface area (TPSA) is 77.6 Å². The fourth-order valence-corrected chi connectivity index (χ4v) is 2.59. The van der Waals surface area contributed by atoms with Crippen molar-refractivity contribution in [2.45, 2.75) is 40.3 Å².